The van der Waals surface area contributed by atoms with Crippen LogP contribution in [0.4, 0.5) is 4.39 Å². The third kappa shape index (κ3) is 8.69. The molecule has 50 heavy (non-hydrogen) atoms. The molecule has 6 unspecified atom stereocenters. The molecule has 6 aliphatic rings. The van der Waals surface area contributed by atoms with Crippen LogP contribution in [-0.4, -0.2) is 122 Å². The van der Waals surface area contributed by atoms with Gasteiger partial charge in [-0.2, -0.15) is 0 Å². The van der Waals surface area contributed by atoms with Gasteiger partial charge in [0.05, 0.1) is 12.1 Å². The second kappa shape index (κ2) is 17.3. The third-order valence-electron chi connectivity index (χ3n) is 14.3. The van der Waals surface area contributed by atoms with E-state index < -0.39 is 18.1 Å². The quantitative estimate of drug-likeness (QED) is 0.137. The van der Waals surface area contributed by atoms with Gasteiger partial charge in [0.15, 0.2) is 0 Å². The molecular formula is C39H69FN8O2. The summed E-state index contributed by atoms with van der Waals surface area (Å²) in [6, 6.07) is -0.425. The second-order valence-electron chi connectivity index (χ2n) is 17.3. The van der Waals surface area contributed by atoms with Gasteiger partial charge in [-0.3, -0.25) is 24.8 Å². The standard InChI is InChI=1S/C39H69FN8O2/c1-27(44-24-30(40)15-18-39(16-7-8-17-39)29-12-5-6-13-29)34(36(41)42)37(49)45-32-26-43-25-31(28-10-3-4-11-28)35(32)47-20-22-48(23-21-47)38(50)33-14-9-19-46(33)2/h27-35,43-44H,3-26H2,1-2H3,(H3,41,42)(H,45,49)/t27?,30?,31?,32?,33-,34?,35?/m1/s1. The van der Waals surface area contributed by atoms with E-state index in [2.05, 4.69) is 37.7 Å². The lowest BCUT2D eigenvalue weighted by Gasteiger charge is -2.50. The molecule has 0 aromatic carbocycles. The topological polar surface area (TPSA) is 130 Å². The van der Waals surface area contributed by atoms with Crippen molar-refractivity contribution in [2.45, 2.75) is 140 Å². The number of piperidine rings is 1. The van der Waals surface area contributed by atoms with Gasteiger partial charge in [0.25, 0.3) is 0 Å². The maximum absolute atomic E-state index is 15.5. The number of carbonyl (C=O) groups is 2. The first kappa shape index (κ1) is 37.9. The fraction of sp³-hybridized carbons (Fsp3) is 0.923. The minimum absolute atomic E-state index is 0.00588. The summed E-state index contributed by atoms with van der Waals surface area (Å²) in [5, 5.41) is 18.7. The molecule has 3 saturated heterocycles. The lowest BCUT2D eigenvalue weighted by Crippen LogP contribution is -2.68. The molecule has 0 radical (unpaired) electrons. The molecule has 3 saturated carbocycles. The average molecular weight is 701 g/mol. The van der Waals surface area contributed by atoms with Gasteiger partial charge in [-0.15, -0.1) is 0 Å². The molecule has 0 aromatic rings. The molecule has 6 fully saturated rings. The number of likely N-dealkylation sites (tertiary alicyclic amines) is 1. The van der Waals surface area contributed by atoms with Gasteiger partial charge in [-0.1, -0.05) is 51.4 Å². The summed E-state index contributed by atoms with van der Waals surface area (Å²) in [5.74, 6) is 0.758. The number of nitrogens with zero attached hydrogens (tertiary/aromatic N) is 3. The first-order chi connectivity index (χ1) is 24.2. The number of piperazine rings is 1. The monoisotopic (exact) mass is 701 g/mol. The first-order valence-corrected chi connectivity index (χ1v) is 20.6. The number of carbonyl (C=O) groups excluding carboxylic acids is 2. The summed E-state index contributed by atoms with van der Waals surface area (Å²) in [4.78, 5) is 34.2. The SMILES string of the molecule is CC(NCC(F)CCC1(C2CCCC2)CCCC1)C(C(=N)N)C(=O)NC1CNCC(C2CCCC2)C1N1CCN(C(=O)[C@H]2CCCN2C)CC1. The second-order valence-corrected chi connectivity index (χ2v) is 17.3. The van der Waals surface area contributed by atoms with Crippen molar-refractivity contribution in [2.24, 2.45) is 34.8 Å². The van der Waals surface area contributed by atoms with Gasteiger partial charge in [-0.25, -0.2) is 4.39 Å². The van der Waals surface area contributed by atoms with Crippen molar-refractivity contribution in [3.63, 3.8) is 0 Å². The number of rotatable bonds is 14. The number of hydrogen-bond donors (Lipinski definition) is 5. The molecule has 3 heterocycles. The Morgan fingerprint density at radius 2 is 1.62 bits per heavy atom. The van der Waals surface area contributed by atoms with Crippen LogP contribution in [0.25, 0.3) is 0 Å². The van der Waals surface area contributed by atoms with Gasteiger partial charge < -0.3 is 26.6 Å². The normalized spacial score (nSPS) is 31.9. The Labute approximate surface area is 301 Å². The highest BCUT2D eigenvalue weighted by Crippen LogP contribution is 2.53. The summed E-state index contributed by atoms with van der Waals surface area (Å²) in [6.45, 7) is 7.66. The Morgan fingerprint density at radius 3 is 2.26 bits per heavy atom. The van der Waals surface area contributed by atoms with Crippen LogP contribution in [0, 0.1) is 34.5 Å². The number of halogens is 1. The van der Waals surface area contributed by atoms with Gasteiger partial charge >= 0.3 is 0 Å². The minimum Gasteiger partial charge on any atom is -0.387 e. The van der Waals surface area contributed by atoms with Crippen molar-refractivity contribution in [1.29, 1.82) is 5.41 Å². The van der Waals surface area contributed by atoms with Crippen LogP contribution in [0.1, 0.15) is 110 Å². The minimum atomic E-state index is -0.981. The van der Waals surface area contributed by atoms with Crippen molar-refractivity contribution in [2.75, 3.05) is 59.4 Å². The number of alkyl halides is 1. The third-order valence-corrected chi connectivity index (χ3v) is 14.3. The van der Waals surface area contributed by atoms with E-state index in [9.17, 15) is 9.59 Å². The summed E-state index contributed by atoms with van der Waals surface area (Å²) in [7, 11) is 2.06. The van der Waals surface area contributed by atoms with Gasteiger partial charge in [0.2, 0.25) is 11.8 Å². The predicted molar refractivity (Wildman–Crippen MR) is 198 cm³/mol. The summed E-state index contributed by atoms with van der Waals surface area (Å²) in [6.07, 6.45) is 17.9. The van der Waals surface area contributed by atoms with Crippen LogP contribution in [0.3, 0.4) is 0 Å². The fourth-order valence-corrected chi connectivity index (χ4v) is 11.5. The molecule has 2 amide bonds. The molecular weight excluding hydrogens is 631 g/mol. The van der Waals surface area contributed by atoms with Crippen LogP contribution < -0.4 is 21.7 Å². The lowest BCUT2D eigenvalue weighted by molar-refractivity contribution is -0.138. The maximum Gasteiger partial charge on any atom is 0.240 e. The van der Waals surface area contributed by atoms with Gasteiger partial charge in [0.1, 0.15) is 17.9 Å². The zero-order valence-corrected chi connectivity index (χ0v) is 31.3. The number of nitrogens with two attached hydrogens (primary N) is 1. The molecule has 6 N–H and O–H groups in total. The number of likely N-dealkylation sites (N-methyl/N-ethyl adjacent to an activating group) is 1. The summed E-state index contributed by atoms with van der Waals surface area (Å²) >= 11 is 0. The van der Waals surface area contributed by atoms with E-state index in [1.807, 2.05) is 6.92 Å². The molecule has 0 bridgehead atoms. The van der Waals surface area contributed by atoms with Crippen molar-refractivity contribution in [1.82, 2.24) is 30.7 Å². The zero-order chi connectivity index (χ0) is 35.3. The van der Waals surface area contributed by atoms with E-state index in [1.54, 1.807) is 0 Å². The molecule has 3 aliphatic heterocycles. The van der Waals surface area contributed by atoms with Crippen molar-refractivity contribution in [3.05, 3.63) is 0 Å². The maximum atomic E-state index is 15.5. The Morgan fingerprint density at radius 1 is 0.940 bits per heavy atom. The smallest absolute Gasteiger partial charge is 0.240 e. The molecule has 11 heteroatoms. The van der Waals surface area contributed by atoms with E-state index in [0.717, 1.165) is 51.4 Å². The van der Waals surface area contributed by atoms with Crippen LogP contribution in [0.15, 0.2) is 0 Å². The van der Waals surface area contributed by atoms with E-state index >= 15 is 4.39 Å². The number of amides is 2. The highest BCUT2D eigenvalue weighted by Gasteiger charge is 2.45. The van der Waals surface area contributed by atoms with Crippen molar-refractivity contribution in [3.8, 4) is 0 Å². The molecule has 6 rings (SSSR count). The highest BCUT2D eigenvalue weighted by molar-refractivity contribution is 6.01. The summed E-state index contributed by atoms with van der Waals surface area (Å²) < 4.78 is 15.5. The average Bonchev–Trinajstić information content (AvgIpc) is 3.95. The van der Waals surface area contributed by atoms with Crippen LogP contribution in [0.2, 0.25) is 0 Å². The molecule has 0 aromatic heterocycles. The Hall–Kier alpha value is -1.82. The lowest BCUT2D eigenvalue weighted by atomic mass is 9.69. The molecule has 10 nitrogen and oxygen atoms in total. The van der Waals surface area contributed by atoms with Crippen LogP contribution >= 0.6 is 0 Å². The Bertz CT molecular complexity index is 1130. The predicted octanol–water partition coefficient (Wildman–Crippen LogP) is 3.89. The van der Waals surface area contributed by atoms with Gasteiger partial charge in [0, 0.05) is 51.4 Å². The summed E-state index contributed by atoms with van der Waals surface area (Å²) in [5.41, 5.74) is 6.45. The van der Waals surface area contributed by atoms with E-state index in [4.69, 9.17) is 11.1 Å². The first-order valence-electron chi connectivity index (χ1n) is 20.6. The molecule has 0 spiro atoms. The Kier molecular flexibility index (Phi) is 13.1. The van der Waals surface area contributed by atoms with E-state index in [-0.39, 0.29) is 42.3 Å². The van der Waals surface area contributed by atoms with Crippen molar-refractivity contribution < 1.29 is 14.0 Å². The largest absolute Gasteiger partial charge is 0.387 e. The van der Waals surface area contributed by atoms with Crippen LogP contribution in [-0.2, 0) is 9.59 Å². The van der Waals surface area contributed by atoms with E-state index in [0.29, 0.717) is 43.3 Å². The number of amidine groups is 1. The fourth-order valence-electron chi connectivity index (χ4n) is 11.5. The van der Waals surface area contributed by atoms with Crippen LogP contribution in [0.5, 0.6) is 0 Å². The van der Waals surface area contributed by atoms with E-state index in [1.165, 1.54) is 77.0 Å². The molecule has 7 atom stereocenters. The Balaban J connectivity index is 1.05. The highest BCUT2D eigenvalue weighted by atomic mass is 19.1. The molecule has 3 aliphatic carbocycles. The number of nitrogens with one attached hydrogen (secondary N) is 4. The van der Waals surface area contributed by atoms with Gasteiger partial charge in [-0.05, 0) is 102 Å². The molecule has 284 valence electrons. The van der Waals surface area contributed by atoms with Crippen molar-refractivity contribution >= 4 is 17.6 Å². The number of hydrogen-bond acceptors (Lipinski definition) is 7. The zero-order valence-electron chi connectivity index (χ0n) is 31.3.